The SMILES string of the molecule is CC(C)Oc1cccc(CCCNC(=O)CN(c2ccc(F)cc2)S(C)(=O)=O)c1. The zero-order valence-corrected chi connectivity index (χ0v) is 17.7. The van der Waals surface area contributed by atoms with Gasteiger partial charge >= 0.3 is 0 Å². The number of rotatable bonds is 10. The summed E-state index contributed by atoms with van der Waals surface area (Å²) < 4.78 is 43.7. The Labute approximate surface area is 171 Å². The Morgan fingerprint density at radius 3 is 2.48 bits per heavy atom. The predicted octanol–water partition coefficient (Wildman–Crippen LogP) is 3.13. The van der Waals surface area contributed by atoms with Gasteiger partial charge in [-0.05, 0) is 68.7 Å². The van der Waals surface area contributed by atoms with Crippen LogP contribution < -0.4 is 14.4 Å². The summed E-state index contributed by atoms with van der Waals surface area (Å²) in [6.45, 7) is 3.99. The van der Waals surface area contributed by atoms with Crippen molar-refractivity contribution in [3.8, 4) is 5.75 Å². The van der Waals surface area contributed by atoms with Crippen molar-refractivity contribution in [2.45, 2.75) is 32.8 Å². The molecule has 0 radical (unpaired) electrons. The molecule has 0 aliphatic carbocycles. The topological polar surface area (TPSA) is 75.7 Å². The van der Waals surface area contributed by atoms with Crippen LogP contribution in [0.25, 0.3) is 0 Å². The number of hydrogen-bond donors (Lipinski definition) is 1. The Morgan fingerprint density at radius 1 is 1.17 bits per heavy atom. The third-order valence-corrected chi connectivity index (χ3v) is 5.18. The van der Waals surface area contributed by atoms with Crippen molar-refractivity contribution in [3.05, 3.63) is 59.9 Å². The van der Waals surface area contributed by atoms with Crippen molar-refractivity contribution in [2.24, 2.45) is 0 Å². The van der Waals surface area contributed by atoms with Gasteiger partial charge in [0.15, 0.2) is 0 Å². The molecule has 2 rings (SSSR count). The third kappa shape index (κ3) is 7.73. The van der Waals surface area contributed by atoms with Gasteiger partial charge < -0.3 is 10.1 Å². The van der Waals surface area contributed by atoms with Crippen molar-refractivity contribution in [2.75, 3.05) is 23.7 Å². The Bertz CT molecular complexity index is 915. The Balaban J connectivity index is 1.86. The number of sulfonamides is 1. The van der Waals surface area contributed by atoms with Crippen molar-refractivity contribution >= 4 is 21.6 Å². The maximum absolute atomic E-state index is 13.1. The first kappa shape index (κ1) is 22.7. The molecule has 0 aliphatic heterocycles. The highest BCUT2D eigenvalue weighted by atomic mass is 32.2. The molecule has 1 amide bonds. The number of amides is 1. The van der Waals surface area contributed by atoms with Crippen LogP contribution in [0, 0.1) is 5.82 Å². The first-order chi connectivity index (χ1) is 13.6. The van der Waals surface area contributed by atoms with Gasteiger partial charge in [-0.1, -0.05) is 12.1 Å². The van der Waals surface area contributed by atoms with Gasteiger partial charge in [0.1, 0.15) is 18.1 Å². The van der Waals surface area contributed by atoms with E-state index in [1.807, 2.05) is 38.1 Å². The summed E-state index contributed by atoms with van der Waals surface area (Å²) in [4.78, 5) is 12.2. The predicted molar refractivity (Wildman–Crippen MR) is 112 cm³/mol. The number of nitrogens with one attached hydrogen (secondary N) is 1. The first-order valence-corrected chi connectivity index (χ1v) is 11.3. The van der Waals surface area contributed by atoms with Crippen LogP contribution >= 0.6 is 0 Å². The lowest BCUT2D eigenvalue weighted by Crippen LogP contribution is -2.40. The molecule has 0 saturated heterocycles. The van der Waals surface area contributed by atoms with Gasteiger partial charge in [-0.3, -0.25) is 9.10 Å². The van der Waals surface area contributed by atoms with Crippen LogP contribution in [-0.2, 0) is 21.2 Å². The molecule has 0 saturated carbocycles. The fourth-order valence-electron chi connectivity index (χ4n) is 2.76. The van der Waals surface area contributed by atoms with Crippen LogP contribution in [0.15, 0.2) is 48.5 Å². The number of aryl methyl sites for hydroxylation is 1. The monoisotopic (exact) mass is 422 g/mol. The lowest BCUT2D eigenvalue weighted by Gasteiger charge is -2.21. The molecule has 6 nitrogen and oxygen atoms in total. The van der Waals surface area contributed by atoms with Crippen molar-refractivity contribution < 1.29 is 22.3 Å². The third-order valence-electron chi connectivity index (χ3n) is 4.04. The maximum Gasteiger partial charge on any atom is 0.240 e. The molecule has 2 aromatic carbocycles. The quantitative estimate of drug-likeness (QED) is 0.597. The fraction of sp³-hybridized carbons (Fsp3) is 0.381. The smallest absolute Gasteiger partial charge is 0.240 e. The minimum atomic E-state index is -3.68. The molecule has 0 fully saturated rings. The molecule has 2 aromatic rings. The Morgan fingerprint density at radius 2 is 1.86 bits per heavy atom. The van der Waals surface area contributed by atoms with E-state index < -0.39 is 21.7 Å². The normalized spacial score (nSPS) is 11.3. The molecular formula is C21H27FN2O4S. The van der Waals surface area contributed by atoms with Crippen molar-refractivity contribution in [1.29, 1.82) is 0 Å². The largest absolute Gasteiger partial charge is 0.491 e. The van der Waals surface area contributed by atoms with E-state index in [1.165, 1.54) is 12.1 Å². The number of hydrogen-bond acceptors (Lipinski definition) is 4. The molecule has 0 bridgehead atoms. The standard InChI is InChI=1S/C21H27FN2O4S/c1-16(2)28-20-8-4-6-17(14-20)7-5-13-23-21(25)15-24(29(3,26)27)19-11-9-18(22)10-12-19/h4,6,8-12,14,16H,5,7,13,15H2,1-3H3,(H,23,25). The van der Waals surface area contributed by atoms with Crippen LogP contribution in [0.1, 0.15) is 25.8 Å². The summed E-state index contributed by atoms with van der Waals surface area (Å²) in [5, 5.41) is 2.73. The van der Waals surface area contributed by atoms with Crippen LogP contribution in [0.5, 0.6) is 5.75 Å². The van der Waals surface area contributed by atoms with E-state index in [0.29, 0.717) is 13.0 Å². The second-order valence-electron chi connectivity index (χ2n) is 7.01. The molecule has 158 valence electrons. The second-order valence-corrected chi connectivity index (χ2v) is 8.92. The highest BCUT2D eigenvalue weighted by Gasteiger charge is 2.20. The number of anilines is 1. The lowest BCUT2D eigenvalue weighted by molar-refractivity contribution is -0.119. The van der Waals surface area contributed by atoms with Gasteiger partial charge in [0, 0.05) is 6.54 Å². The molecule has 0 atom stereocenters. The van der Waals surface area contributed by atoms with Crippen molar-refractivity contribution in [3.63, 3.8) is 0 Å². The van der Waals surface area contributed by atoms with E-state index in [4.69, 9.17) is 4.74 Å². The van der Waals surface area contributed by atoms with Gasteiger partial charge in [-0.25, -0.2) is 12.8 Å². The number of halogens is 1. The number of benzene rings is 2. The van der Waals surface area contributed by atoms with Crippen LogP contribution in [0.3, 0.4) is 0 Å². The molecule has 0 unspecified atom stereocenters. The summed E-state index contributed by atoms with van der Waals surface area (Å²) in [6.07, 6.45) is 2.56. The molecule has 1 N–H and O–H groups in total. The van der Waals surface area contributed by atoms with Gasteiger partial charge in [-0.15, -0.1) is 0 Å². The summed E-state index contributed by atoms with van der Waals surface area (Å²) >= 11 is 0. The molecule has 0 spiro atoms. The average molecular weight is 423 g/mol. The molecule has 0 aliphatic rings. The van der Waals surface area contributed by atoms with Crippen LogP contribution in [-0.4, -0.2) is 39.8 Å². The molecular weight excluding hydrogens is 395 g/mol. The summed E-state index contributed by atoms with van der Waals surface area (Å²) in [5.74, 6) is -0.0872. The molecule has 29 heavy (non-hydrogen) atoms. The summed E-state index contributed by atoms with van der Waals surface area (Å²) in [7, 11) is -3.68. The number of ether oxygens (including phenoxy) is 1. The van der Waals surface area contributed by atoms with E-state index in [0.717, 1.165) is 40.4 Å². The second kappa shape index (κ2) is 10.2. The van der Waals surface area contributed by atoms with Gasteiger partial charge in [-0.2, -0.15) is 0 Å². The van der Waals surface area contributed by atoms with E-state index in [-0.39, 0.29) is 18.3 Å². The number of nitrogens with zero attached hydrogens (tertiary/aromatic N) is 1. The number of carbonyl (C=O) groups is 1. The highest BCUT2D eigenvalue weighted by molar-refractivity contribution is 7.92. The van der Waals surface area contributed by atoms with E-state index in [1.54, 1.807) is 0 Å². The first-order valence-electron chi connectivity index (χ1n) is 9.41. The van der Waals surface area contributed by atoms with Crippen molar-refractivity contribution in [1.82, 2.24) is 5.32 Å². The van der Waals surface area contributed by atoms with Crippen LogP contribution in [0.2, 0.25) is 0 Å². The molecule has 0 aromatic heterocycles. The molecule has 8 heteroatoms. The lowest BCUT2D eigenvalue weighted by atomic mass is 10.1. The minimum absolute atomic E-state index is 0.100. The van der Waals surface area contributed by atoms with Gasteiger partial charge in [0.05, 0.1) is 18.0 Å². The maximum atomic E-state index is 13.1. The highest BCUT2D eigenvalue weighted by Crippen LogP contribution is 2.18. The summed E-state index contributed by atoms with van der Waals surface area (Å²) in [5.41, 5.74) is 1.34. The Kier molecular flexibility index (Phi) is 8.01. The zero-order chi connectivity index (χ0) is 21.4. The van der Waals surface area contributed by atoms with E-state index in [9.17, 15) is 17.6 Å². The number of carbonyl (C=O) groups excluding carboxylic acids is 1. The van der Waals surface area contributed by atoms with Gasteiger partial charge in [0.25, 0.3) is 0 Å². The van der Waals surface area contributed by atoms with E-state index in [2.05, 4.69) is 5.32 Å². The fourth-order valence-corrected chi connectivity index (χ4v) is 3.62. The average Bonchev–Trinajstić information content (AvgIpc) is 2.63. The van der Waals surface area contributed by atoms with E-state index >= 15 is 0 Å². The summed E-state index contributed by atoms with van der Waals surface area (Å²) in [6, 6.07) is 12.8. The minimum Gasteiger partial charge on any atom is -0.491 e. The van der Waals surface area contributed by atoms with Crippen LogP contribution in [0.4, 0.5) is 10.1 Å². The Hall–Kier alpha value is -2.61. The zero-order valence-electron chi connectivity index (χ0n) is 16.9. The molecule has 0 heterocycles. The van der Waals surface area contributed by atoms with Gasteiger partial charge in [0.2, 0.25) is 15.9 Å².